The zero-order valence-corrected chi connectivity index (χ0v) is 18.9. The highest BCUT2D eigenvalue weighted by atomic mass is 35.5. The third-order valence-corrected chi connectivity index (χ3v) is 7.82. The minimum atomic E-state index is -4.04. The van der Waals surface area contributed by atoms with Crippen LogP contribution in [-0.2, 0) is 16.4 Å². The number of nitrogens with one attached hydrogen (secondary N) is 1. The van der Waals surface area contributed by atoms with Gasteiger partial charge in [-0.1, -0.05) is 18.5 Å². The second kappa shape index (κ2) is 9.06. The maximum Gasteiger partial charge on any atom is 0.264 e. The van der Waals surface area contributed by atoms with Crippen LogP contribution in [-0.4, -0.2) is 21.4 Å². The molecule has 10 heteroatoms. The first-order chi connectivity index (χ1) is 14.7. The Bertz CT molecular complexity index is 1280. The number of carbonyl (C=O) groups excluding carboxylic acids is 1. The summed E-state index contributed by atoms with van der Waals surface area (Å²) < 4.78 is 40.2. The lowest BCUT2D eigenvalue weighted by molar-refractivity contribution is 0.102. The van der Waals surface area contributed by atoms with Gasteiger partial charge in [-0.2, -0.15) is 5.26 Å². The van der Waals surface area contributed by atoms with Crippen molar-refractivity contribution in [1.29, 1.82) is 5.26 Å². The lowest BCUT2D eigenvalue weighted by atomic mass is 10.2. The number of hydrogen-bond acceptors (Lipinski definition) is 5. The van der Waals surface area contributed by atoms with Crippen molar-refractivity contribution in [2.45, 2.75) is 18.2 Å². The summed E-state index contributed by atoms with van der Waals surface area (Å²) in [4.78, 5) is 13.6. The maximum absolute atomic E-state index is 13.2. The van der Waals surface area contributed by atoms with Crippen LogP contribution in [0.25, 0.3) is 0 Å². The molecule has 2 aromatic carbocycles. The van der Waals surface area contributed by atoms with E-state index in [1.54, 1.807) is 6.07 Å². The van der Waals surface area contributed by atoms with Gasteiger partial charge in [0.05, 0.1) is 26.7 Å². The molecule has 0 bridgehead atoms. The summed E-state index contributed by atoms with van der Waals surface area (Å²) in [7, 11) is -2.71. The lowest BCUT2D eigenvalue weighted by Gasteiger charge is -2.20. The summed E-state index contributed by atoms with van der Waals surface area (Å²) in [6, 6.07) is 12.5. The number of amides is 1. The van der Waals surface area contributed by atoms with Crippen LogP contribution in [0, 0.1) is 17.1 Å². The van der Waals surface area contributed by atoms with Crippen molar-refractivity contribution in [1.82, 2.24) is 0 Å². The number of anilines is 2. The third kappa shape index (κ3) is 4.71. The molecule has 0 aliphatic heterocycles. The number of aryl methyl sites for hydroxylation is 1. The Balaban J connectivity index is 1.94. The molecule has 3 aromatic rings. The minimum absolute atomic E-state index is 0.0504. The zero-order valence-electron chi connectivity index (χ0n) is 16.5. The first-order valence-corrected chi connectivity index (χ1v) is 11.7. The molecule has 1 heterocycles. The van der Waals surface area contributed by atoms with Gasteiger partial charge >= 0.3 is 0 Å². The van der Waals surface area contributed by atoms with Crippen LogP contribution in [0.3, 0.4) is 0 Å². The van der Waals surface area contributed by atoms with Crippen LogP contribution in [0.4, 0.5) is 15.1 Å². The first kappa shape index (κ1) is 22.7. The molecule has 3 rings (SSSR count). The van der Waals surface area contributed by atoms with Crippen molar-refractivity contribution in [3.05, 3.63) is 75.4 Å². The van der Waals surface area contributed by atoms with E-state index in [9.17, 15) is 22.9 Å². The van der Waals surface area contributed by atoms with Crippen LogP contribution in [0.1, 0.15) is 27.7 Å². The van der Waals surface area contributed by atoms with Gasteiger partial charge in [0.1, 0.15) is 16.9 Å². The van der Waals surface area contributed by atoms with Crippen molar-refractivity contribution < 1.29 is 17.6 Å². The van der Waals surface area contributed by atoms with Crippen molar-refractivity contribution >= 4 is 49.6 Å². The molecule has 0 saturated heterocycles. The summed E-state index contributed by atoms with van der Waals surface area (Å²) in [5.74, 6) is -1.12. The highest BCUT2D eigenvalue weighted by molar-refractivity contribution is 7.92. The van der Waals surface area contributed by atoms with Crippen molar-refractivity contribution in [2.75, 3.05) is 16.7 Å². The SMILES string of the molecule is CCc1cc(C#N)c(NC(=O)c2cc(S(=O)(=O)N(C)c3ccc(F)cc3)ccc2Cl)s1. The number of carbonyl (C=O) groups is 1. The molecule has 0 saturated carbocycles. The Morgan fingerprint density at radius 2 is 1.90 bits per heavy atom. The largest absolute Gasteiger partial charge is 0.312 e. The highest BCUT2D eigenvalue weighted by Crippen LogP contribution is 2.30. The maximum atomic E-state index is 13.2. The second-order valence-electron chi connectivity index (χ2n) is 6.47. The predicted molar refractivity (Wildman–Crippen MR) is 120 cm³/mol. The number of hydrogen-bond donors (Lipinski definition) is 1. The van der Waals surface area contributed by atoms with E-state index in [0.717, 1.165) is 21.3 Å². The number of benzene rings is 2. The molecule has 1 amide bonds. The Morgan fingerprint density at radius 1 is 1.23 bits per heavy atom. The lowest BCUT2D eigenvalue weighted by Crippen LogP contribution is -2.27. The molecule has 0 radical (unpaired) electrons. The molecule has 0 fully saturated rings. The van der Waals surface area contributed by atoms with Crippen LogP contribution < -0.4 is 9.62 Å². The Hall–Kier alpha value is -2.93. The van der Waals surface area contributed by atoms with E-state index in [0.29, 0.717) is 17.0 Å². The second-order valence-corrected chi connectivity index (χ2v) is 9.98. The van der Waals surface area contributed by atoms with Gasteiger partial charge in [-0.3, -0.25) is 9.10 Å². The number of halogens is 2. The van der Waals surface area contributed by atoms with Gasteiger partial charge in [0.2, 0.25) is 0 Å². The summed E-state index contributed by atoms with van der Waals surface area (Å²) in [5.41, 5.74) is 0.531. The number of nitriles is 1. The fourth-order valence-electron chi connectivity index (χ4n) is 2.75. The van der Waals surface area contributed by atoms with Crippen LogP contribution >= 0.6 is 22.9 Å². The van der Waals surface area contributed by atoms with Crippen molar-refractivity contribution in [3.63, 3.8) is 0 Å². The van der Waals surface area contributed by atoms with Crippen LogP contribution in [0.5, 0.6) is 0 Å². The standard InChI is InChI=1S/C21H17ClFN3O3S2/c1-3-16-10-13(12-24)21(30-16)25-20(27)18-11-17(8-9-19(18)22)31(28,29)26(2)15-6-4-14(23)5-7-15/h4-11H,3H2,1-2H3,(H,25,27). The third-order valence-electron chi connectivity index (χ3n) is 4.51. The summed E-state index contributed by atoms with van der Waals surface area (Å²) in [5, 5.41) is 12.3. The Morgan fingerprint density at radius 3 is 2.52 bits per heavy atom. The van der Waals surface area contributed by atoms with Gasteiger partial charge in [0.15, 0.2) is 0 Å². The molecule has 0 unspecified atom stereocenters. The smallest absolute Gasteiger partial charge is 0.264 e. The molecule has 0 aliphatic carbocycles. The monoisotopic (exact) mass is 477 g/mol. The molecule has 1 aromatic heterocycles. The molecule has 0 spiro atoms. The molecule has 0 aliphatic rings. The van der Waals surface area contributed by atoms with E-state index in [2.05, 4.69) is 5.32 Å². The average molecular weight is 478 g/mol. The normalized spacial score (nSPS) is 11.1. The van der Waals surface area contributed by atoms with Gasteiger partial charge in [-0.25, -0.2) is 12.8 Å². The Labute approximate surface area is 188 Å². The topological polar surface area (TPSA) is 90.3 Å². The number of thiophene rings is 1. The van der Waals surface area contributed by atoms with E-state index >= 15 is 0 Å². The molecule has 160 valence electrons. The van der Waals surface area contributed by atoms with Crippen LogP contribution in [0.15, 0.2) is 53.4 Å². The van der Waals surface area contributed by atoms with Crippen molar-refractivity contribution in [2.24, 2.45) is 0 Å². The molecular formula is C21H17ClFN3O3S2. The summed E-state index contributed by atoms with van der Waals surface area (Å²) in [6.07, 6.45) is 0.708. The minimum Gasteiger partial charge on any atom is -0.312 e. The Kier molecular flexibility index (Phi) is 6.65. The zero-order chi connectivity index (χ0) is 22.8. The number of sulfonamides is 1. The van der Waals surface area contributed by atoms with E-state index in [4.69, 9.17) is 11.6 Å². The fourth-order valence-corrected chi connectivity index (χ4v) is 5.12. The number of rotatable bonds is 6. The van der Waals surface area contributed by atoms with Crippen molar-refractivity contribution in [3.8, 4) is 6.07 Å². The molecule has 0 atom stereocenters. The van der Waals surface area contributed by atoms with E-state index < -0.39 is 21.7 Å². The van der Waals surface area contributed by atoms with E-state index in [1.807, 2.05) is 13.0 Å². The molecule has 1 N–H and O–H groups in total. The number of nitrogens with zero attached hydrogens (tertiary/aromatic N) is 2. The molecular weight excluding hydrogens is 461 g/mol. The van der Waals surface area contributed by atoms with Gasteiger partial charge in [0, 0.05) is 11.9 Å². The van der Waals surface area contributed by atoms with Gasteiger partial charge in [-0.05, 0) is 55.0 Å². The first-order valence-electron chi connectivity index (χ1n) is 9.05. The highest BCUT2D eigenvalue weighted by Gasteiger charge is 2.24. The van der Waals surface area contributed by atoms with E-state index in [1.165, 1.54) is 48.7 Å². The predicted octanol–water partition coefficient (Wildman–Crippen LogP) is 5.05. The van der Waals surface area contributed by atoms with Gasteiger partial charge < -0.3 is 5.32 Å². The van der Waals surface area contributed by atoms with E-state index in [-0.39, 0.29) is 21.2 Å². The molecule has 31 heavy (non-hydrogen) atoms. The quantitative estimate of drug-likeness (QED) is 0.537. The van der Waals surface area contributed by atoms with Gasteiger partial charge in [0.25, 0.3) is 15.9 Å². The molecule has 6 nitrogen and oxygen atoms in total. The van der Waals surface area contributed by atoms with Crippen LogP contribution in [0.2, 0.25) is 5.02 Å². The summed E-state index contributed by atoms with van der Waals surface area (Å²) >= 11 is 7.43. The summed E-state index contributed by atoms with van der Waals surface area (Å²) in [6.45, 7) is 1.93. The van der Waals surface area contributed by atoms with Gasteiger partial charge in [-0.15, -0.1) is 11.3 Å². The average Bonchev–Trinajstić information content (AvgIpc) is 3.15. The fraction of sp³-hybridized carbons (Fsp3) is 0.143.